The highest BCUT2D eigenvalue weighted by Gasteiger charge is 2.31. The molecule has 2 heterocycles. The number of hydrogen-bond donors (Lipinski definition) is 1. The van der Waals surface area contributed by atoms with Crippen molar-refractivity contribution in [2.24, 2.45) is 0 Å². The Morgan fingerprint density at radius 3 is 2.69 bits per heavy atom. The molecular weight excluding hydrogens is 493 g/mol. The van der Waals surface area contributed by atoms with Crippen LogP contribution in [-0.4, -0.2) is 4.98 Å². The number of halogens is 5. The highest BCUT2D eigenvalue weighted by molar-refractivity contribution is 9.10. The molecule has 0 fully saturated rings. The van der Waals surface area contributed by atoms with E-state index in [1.165, 1.54) is 0 Å². The van der Waals surface area contributed by atoms with Gasteiger partial charge in [0.25, 0.3) is 0 Å². The van der Waals surface area contributed by atoms with Crippen LogP contribution in [0.5, 0.6) is 0 Å². The predicted molar refractivity (Wildman–Crippen MR) is 111 cm³/mol. The molecule has 0 aliphatic rings. The molecule has 0 atom stereocenters. The number of fused-ring (bicyclic) bond motifs is 1. The van der Waals surface area contributed by atoms with E-state index in [0.29, 0.717) is 16.7 Å². The number of nitrogens with one attached hydrogen (secondary N) is 1. The van der Waals surface area contributed by atoms with Gasteiger partial charge in [0.15, 0.2) is 5.13 Å². The first-order valence-corrected chi connectivity index (χ1v) is 10.1. The minimum absolute atomic E-state index is 0.0665. The van der Waals surface area contributed by atoms with Crippen molar-refractivity contribution in [3.8, 4) is 11.3 Å². The average Bonchev–Trinajstić information content (AvgIpc) is 3.10. The molecule has 1 N–H and O–H groups in total. The maximum Gasteiger partial charge on any atom is 0.416 e. The molecule has 10 heteroatoms. The predicted octanol–water partition coefficient (Wildman–Crippen LogP) is 7.09. The smallest absolute Gasteiger partial charge is 0.416 e. The second-order valence-electron chi connectivity index (χ2n) is 5.98. The van der Waals surface area contributed by atoms with Crippen LogP contribution in [0, 0.1) is 0 Å². The maximum absolute atomic E-state index is 12.9. The van der Waals surface area contributed by atoms with Gasteiger partial charge in [-0.25, -0.2) is 9.78 Å². The van der Waals surface area contributed by atoms with E-state index in [4.69, 9.17) is 16.0 Å². The fourth-order valence-electron chi connectivity index (χ4n) is 2.64. The molecule has 4 aromatic rings. The van der Waals surface area contributed by atoms with Crippen molar-refractivity contribution in [2.45, 2.75) is 6.18 Å². The summed E-state index contributed by atoms with van der Waals surface area (Å²) < 4.78 is 44.9. The van der Waals surface area contributed by atoms with Crippen molar-refractivity contribution < 1.29 is 17.6 Å². The van der Waals surface area contributed by atoms with Crippen LogP contribution in [0.2, 0.25) is 5.02 Å². The van der Waals surface area contributed by atoms with Gasteiger partial charge in [-0.2, -0.15) is 13.2 Å². The summed E-state index contributed by atoms with van der Waals surface area (Å²) in [7, 11) is 0. The summed E-state index contributed by atoms with van der Waals surface area (Å²) in [5, 5.41) is 5.50. The molecule has 29 heavy (non-hydrogen) atoms. The van der Waals surface area contributed by atoms with Gasteiger partial charge in [-0.3, -0.25) is 0 Å². The number of thiazole rings is 1. The normalized spacial score (nSPS) is 11.8. The quantitative estimate of drug-likeness (QED) is 0.304. The highest BCUT2D eigenvalue weighted by Crippen LogP contribution is 2.36. The monoisotopic (exact) mass is 500 g/mol. The van der Waals surface area contributed by atoms with E-state index >= 15 is 0 Å². The van der Waals surface area contributed by atoms with Crippen molar-refractivity contribution in [3.63, 3.8) is 0 Å². The zero-order chi connectivity index (χ0) is 20.8. The Morgan fingerprint density at radius 1 is 1.14 bits per heavy atom. The molecule has 0 aliphatic carbocycles. The number of nitrogens with zero attached hydrogens (tertiary/aromatic N) is 1. The van der Waals surface area contributed by atoms with Gasteiger partial charge < -0.3 is 9.73 Å². The van der Waals surface area contributed by atoms with E-state index < -0.39 is 17.4 Å². The summed E-state index contributed by atoms with van der Waals surface area (Å²) in [5.74, 6) is 0. The summed E-state index contributed by atoms with van der Waals surface area (Å²) in [5.41, 5.74) is -0.301. The fraction of sp³-hybridized carbons (Fsp3) is 0.0526. The van der Waals surface area contributed by atoms with Gasteiger partial charge in [0, 0.05) is 15.2 Å². The van der Waals surface area contributed by atoms with Gasteiger partial charge >= 0.3 is 11.8 Å². The molecule has 0 bridgehead atoms. The molecule has 148 valence electrons. The molecule has 0 saturated carbocycles. The highest BCUT2D eigenvalue weighted by atomic mass is 79.9. The van der Waals surface area contributed by atoms with Crippen LogP contribution in [0.15, 0.2) is 61.5 Å². The Bertz CT molecular complexity index is 1290. The van der Waals surface area contributed by atoms with E-state index in [2.05, 4.69) is 26.2 Å². The lowest BCUT2D eigenvalue weighted by Crippen LogP contribution is -2.05. The molecule has 0 amide bonds. The minimum atomic E-state index is -4.49. The van der Waals surface area contributed by atoms with Crippen LogP contribution in [0.4, 0.5) is 24.0 Å². The lowest BCUT2D eigenvalue weighted by atomic mass is 10.1. The van der Waals surface area contributed by atoms with Crippen LogP contribution >= 0.6 is 38.9 Å². The Morgan fingerprint density at radius 2 is 1.93 bits per heavy atom. The third kappa shape index (κ3) is 4.17. The van der Waals surface area contributed by atoms with Gasteiger partial charge in [0.2, 0.25) is 0 Å². The molecule has 0 saturated heterocycles. The summed E-state index contributed by atoms with van der Waals surface area (Å²) >= 11 is 10.5. The fourth-order valence-corrected chi connectivity index (χ4v) is 3.91. The van der Waals surface area contributed by atoms with Crippen molar-refractivity contribution in [2.75, 3.05) is 5.32 Å². The van der Waals surface area contributed by atoms with Crippen LogP contribution in [-0.2, 0) is 6.18 Å². The van der Waals surface area contributed by atoms with Crippen LogP contribution in [0.25, 0.3) is 22.2 Å². The molecule has 0 unspecified atom stereocenters. The number of anilines is 2. The lowest BCUT2D eigenvalue weighted by Gasteiger charge is -2.10. The van der Waals surface area contributed by atoms with Gasteiger partial charge in [-0.05, 0) is 42.5 Å². The molecule has 4 nitrogen and oxygen atoms in total. The SMILES string of the molecule is O=c1oc2ccc(Br)cc2cc1-c1csc(Nc2cc(C(F)(F)F)ccc2Cl)n1. The second-order valence-corrected chi connectivity index (χ2v) is 8.17. The average molecular weight is 502 g/mol. The first-order chi connectivity index (χ1) is 13.7. The third-order valence-electron chi connectivity index (χ3n) is 4.01. The maximum atomic E-state index is 12.9. The van der Waals surface area contributed by atoms with Gasteiger partial charge in [0.05, 0.1) is 27.5 Å². The minimum Gasteiger partial charge on any atom is -0.422 e. The van der Waals surface area contributed by atoms with E-state index in [9.17, 15) is 18.0 Å². The zero-order valence-corrected chi connectivity index (χ0v) is 17.3. The molecule has 0 radical (unpaired) electrons. The molecule has 0 spiro atoms. The standard InChI is InChI=1S/C19H9BrClF3N2O2S/c20-11-2-4-16-9(5-11)6-12(17(27)28-16)15-8-29-18(26-15)25-14-7-10(19(22,23)24)1-3-13(14)21/h1-8H,(H,25,26). The van der Waals surface area contributed by atoms with Crippen molar-refractivity contribution in [1.82, 2.24) is 4.98 Å². The Kier molecular flexibility index (Phi) is 5.14. The lowest BCUT2D eigenvalue weighted by molar-refractivity contribution is -0.137. The molecule has 2 aromatic carbocycles. The summed E-state index contributed by atoms with van der Waals surface area (Å²) in [4.78, 5) is 16.6. The number of benzene rings is 2. The van der Waals surface area contributed by atoms with E-state index in [-0.39, 0.29) is 21.4 Å². The number of rotatable bonds is 3. The van der Waals surface area contributed by atoms with Crippen molar-refractivity contribution in [1.29, 1.82) is 0 Å². The number of hydrogen-bond acceptors (Lipinski definition) is 5. The van der Waals surface area contributed by atoms with Crippen LogP contribution in [0.3, 0.4) is 0 Å². The number of alkyl halides is 3. The van der Waals surface area contributed by atoms with E-state index in [0.717, 1.165) is 34.0 Å². The zero-order valence-electron chi connectivity index (χ0n) is 14.2. The third-order valence-corrected chi connectivity index (χ3v) is 5.59. The van der Waals surface area contributed by atoms with Crippen LogP contribution < -0.4 is 10.9 Å². The van der Waals surface area contributed by atoms with Gasteiger partial charge in [0.1, 0.15) is 5.58 Å². The van der Waals surface area contributed by atoms with Crippen molar-refractivity contribution in [3.05, 3.63) is 73.3 Å². The molecule has 2 aromatic heterocycles. The van der Waals surface area contributed by atoms with E-state index in [1.54, 1.807) is 29.6 Å². The first kappa shape index (κ1) is 19.9. The molecular formula is C19H9BrClF3N2O2S. The first-order valence-electron chi connectivity index (χ1n) is 8.04. The Labute approximate surface area is 179 Å². The second kappa shape index (κ2) is 7.47. The summed E-state index contributed by atoms with van der Waals surface area (Å²) in [6, 6.07) is 9.86. The van der Waals surface area contributed by atoms with E-state index in [1.807, 2.05) is 0 Å². The Balaban J connectivity index is 1.69. The number of aromatic nitrogens is 1. The molecule has 4 rings (SSSR count). The summed E-state index contributed by atoms with van der Waals surface area (Å²) in [6.45, 7) is 0. The summed E-state index contributed by atoms with van der Waals surface area (Å²) in [6.07, 6.45) is -4.49. The molecule has 0 aliphatic heterocycles. The largest absolute Gasteiger partial charge is 0.422 e. The van der Waals surface area contributed by atoms with Crippen molar-refractivity contribution >= 4 is 60.7 Å². The van der Waals surface area contributed by atoms with Crippen LogP contribution in [0.1, 0.15) is 5.56 Å². The topological polar surface area (TPSA) is 55.1 Å². The van der Waals surface area contributed by atoms with Gasteiger partial charge in [-0.15, -0.1) is 11.3 Å². The van der Waals surface area contributed by atoms with Gasteiger partial charge in [-0.1, -0.05) is 27.5 Å². The Hall–Kier alpha value is -2.36.